The van der Waals surface area contributed by atoms with E-state index in [1.54, 1.807) is 11.1 Å². The van der Waals surface area contributed by atoms with E-state index in [-0.39, 0.29) is 18.6 Å². The van der Waals surface area contributed by atoms with Crippen LogP contribution in [0.1, 0.15) is 45.2 Å². The van der Waals surface area contributed by atoms with Gasteiger partial charge in [0, 0.05) is 11.9 Å². The topological polar surface area (TPSA) is 76.9 Å². The number of aliphatic imine (C=N–C) groups is 2. The zero-order valence-corrected chi connectivity index (χ0v) is 19.6. The van der Waals surface area contributed by atoms with Gasteiger partial charge in [0.05, 0.1) is 42.4 Å². The van der Waals surface area contributed by atoms with E-state index in [2.05, 4.69) is 50.7 Å². The number of alkyl halides is 2. The number of nitrogens with zero attached hydrogens (tertiary/aromatic N) is 4. The largest absolute Gasteiger partial charge is 0.376 e. The summed E-state index contributed by atoms with van der Waals surface area (Å²) in [5.74, 6) is -1.71. The Morgan fingerprint density at radius 3 is 2.76 bits per heavy atom. The Morgan fingerprint density at radius 2 is 2.09 bits per heavy atom. The molecule has 3 N–H and O–H groups in total. The SMILES string of the molecule is C=C(NC(C)C(=C)Nc1cc(C(CCC)N2CC(F)(F)CNC2=C)ccn1)C1=NCN=C1C. The summed E-state index contributed by atoms with van der Waals surface area (Å²) >= 11 is 0. The van der Waals surface area contributed by atoms with Crippen molar-refractivity contribution in [2.24, 2.45) is 9.98 Å². The van der Waals surface area contributed by atoms with Gasteiger partial charge in [-0.15, -0.1) is 0 Å². The minimum atomic E-state index is -2.81. The molecule has 178 valence electrons. The highest BCUT2D eigenvalue weighted by Gasteiger charge is 2.39. The van der Waals surface area contributed by atoms with Gasteiger partial charge in [0.2, 0.25) is 0 Å². The minimum absolute atomic E-state index is 0.157. The Labute approximate surface area is 194 Å². The first kappa shape index (κ1) is 24.4. The molecule has 2 atom stereocenters. The zero-order valence-electron chi connectivity index (χ0n) is 19.6. The molecule has 2 aliphatic heterocycles. The van der Waals surface area contributed by atoms with Gasteiger partial charge in [0.15, 0.2) is 0 Å². The van der Waals surface area contributed by atoms with Gasteiger partial charge in [-0.25, -0.2) is 13.8 Å². The fourth-order valence-electron chi connectivity index (χ4n) is 3.93. The summed E-state index contributed by atoms with van der Waals surface area (Å²) in [5.41, 5.74) is 3.89. The number of hydrogen-bond acceptors (Lipinski definition) is 7. The molecule has 1 fully saturated rings. The van der Waals surface area contributed by atoms with Crippen molar-refractivity contribution in [3.63, 3.8) is 0 Å². The number of pyridine rings is 1. The van der Waals surface area contributed by atoms with Crippen molar-refractivity contribution in [1.29, 1.82) is 0 Å². The first-order valence-electron chi connectivity index (χ1n) is 11.1. The molecular formula is C24H33F2N7. The van der Waals surface area contributed by atoms with Crippen LogP contribution in [-0.2, 0) is 0 Å². The Balaban J connectivity index is 1.71. The predicted molar refractivity (Wildman–Crippen MR) is 131 cm³/mol. The van der Waals surface area contributed by atoms with E-state index in [9.17, 15) is 8.78 Å². The summed E-state index contributed by atoms with van der Waals surface area (Å²) in [6, 6.07) is 3.34. The van der Waals surface area contributed by atoms with E-state index in [1.165, 1.54) is 0 Å². The van der Waals surface area contributed by atoms with E-state index in [4.69, 9.17) is 0 Å². The van der Waals surface area contributed by atoms with Gasteiger partial charge in [0.1, 0.15) is 18.2 Å². The first-order chi connectivity index (χ1) is 15.6. The summed E-state index contributed by atoms with van der Waals surface area (Å²) in [5, 5.41) is 9.26. The highest BCUT2D eigenvalue weighted by Crippen LogP contribution is 2.34. The van der Waals surface area contributed by atoms with Gasteiger partial charge in [0.25, 0.3) is 5.92 Å². The Morgan fingerprint density at radius 1 is 1.33 bits per heavy atom. The third-order valence-corrected chi connectivity index (χ3v) is 5.77. The maximum atomic E-state index is 14.1. The van der Waals surface area contributed by atoms with E-state index in [0.29, 0.717) is 36.1 Å². The monoisotopic (exact) mass is 457 g/mol. The minimum Gasteiger partial charge on any atom is -0.376 e. The molecule has 0 aromatic carbocycles. The van der Waals surface area contributed by atoms with E-state index < -0.39 is 12.5 Å². The highest BCUT2D eigenvalue weighted by atomic mass is 19.3. The lowest BCUT2D eigenvalue weighted by Gasteiger charge is -2.42. The molecule has 1 saturated heterocycles. The van der Waals surface area contributed by atoms with Gasteiger partial charge in [-0.05, 0) is 38.0 Å². The van der Waals surface area contributed by atoms with Crippen LogP contribution in [0.15, 0.2) is 65.3 Å². The normalized spacial score (nSPS) is 19.2. The van der Waals surface area contributed by atoms with Gasteiger partial charge >= 0.3 is 0 Å². The van der Waals surface area contributed by atoms with Crippen LogP contribution in [0.2, 0.25) is 0 Å². The zero-order chi connectivity index (χ0) is 24.2. The lowest BCUT2D eigenvalue weighted by molar-refractivity contribution is -0.0536. The summed E-state index contributed by atoms with van der Waals surface area (Å²) in [7, 11) is 0. The summed E-state index contributed by atoms with van der Waals surface area (Å²) in [4.78, 5) is 14.6. The molecule has 0 spiro atoms. The maximum absolute atomic E-state index is 14.1. The lowest BCUT2D eigenvalue weighted by Crippen LogP contribution is -2.52. The molecule has 1 aromatic rings. The van der Waals surface area contributed by atoms with Crippen LogP contribution >= 0.6 is 0 Å². The molecule has 3 heterocycles. The third-order valence-electron chi connectivity index (χ3n) is 5.77. The van der Waals surface area contributed by atoms with Crippen molar-refractivity contribution in [3.8, 4) is 0 Å². The average molecular weight is 458 g/mol. The van der Waals surface area contributed by atoms with Crippen molar-refractivity contribution in [3.05, 3.63) is 60.8 Å². The van der Waals surface area contributed by atoms with Crippen LogP contribution < -0.4 is 16.0 Å². The second-order valence-corrected chi connectivity index (χ2v) is 8.45. The molecule has 0 amide bonds. The quantitative estimate of drug-likeness (QED) is 0.490. The number of halogens is 2. The van der Waals surface area contributed by atoms with Crippen LogP contribution in [0.3, 0.4) is 0 Å². The number of aromatic nitrogens is 1. The number of hydrogen-bond donors (Lipinski definition) is 3. The Bertz CT molecular complexity index is 983. The Kier molecular flexibility index (Phi) is 7.50. The van der Waals surface area contributed by atoms with E-state index in [1.807, 2.05) is 32.9 Å². The summed E-state index contributed by atoms with van der Waals surface area (Å²) < 4.78 is 28.2. The third kappa shape index (κ3) is 5.97. The second kappa shape index (κ2) is 10.1. The van der Waals surface area contributed by atoms with Crippen LogP contribution in [-0.4, -0.2) is 53.0 Å². The van der Waals surface area contributed by atoms with Crippen molar-refractivity contribution in [2.45, 2.75) is 51.6 Å². The molecule has 2 aliphatic rings. The van der Waals surface area contributed by atoms with Crippen LogP contribution in [0, 0.1) is 0 Å². The molecule has 1 aromatic heterocycles. The molecule has 2 unspecified atom stereocenters. The number of nitrogens with one attached hydrogen (secondary N) is 3. The van der Waals surface area contributed by atoms with E-state index >= 15 is 0 Å². The maximum Gasteiger partial charge on any atom is 0.282 e. The molecular weight excluding hydrogens is 424 g/mol. The van der Waals surface area contributed by atoms with Crippen molar-refractivity contribution >= 4 is 17.2 Å². The Hall–Kier alpha value is -3.23. The average Bonchev–Trinajstić information content (AvgIpc) is 3.20. The second-order valence-electron chi connectivity index (χ2n) is 8.45. The summed E-state index contributed by atoms with van der Waals surface area (Å²) in [6.45, 7) is 17.7. The van der Waals surface area contributed by atoms with Gasteiger partial charge in [-0.1, -0.05) is 33.1 Å². The van der Waals surface area contributed by atoms with Gasteiger partial charge < -0.3 is 20.9 Å². The van der Waals surface area contributed by atoms with Crippen LogP contribution in [0.25, 0.3) is 0 Å². The number of rotatable bonds is 10. The fraction of sp³-hybridized carbons (Fsp3) is 0.458. The highest BCUT2D eigenvalue weighted by molar-refractivity contribution is 6.48. The standard InChI is InChI=1S/C24H33F2N7/c1-7-8-21(33-13-24(25,26)12-28-19(33)6)20-9-10-27-22(11-20)32-16(3)15(2)31-18(5)23-17(4)29-14-30-23/h9-11,15,21,28,31H,3,5-8,12-14H2,1-2,4H3,(H,27,32). The van der Waals surface area contributed by atoms with Gasteiger partial charge in [-0.3, -0.25) is 9.98 Å². The predicted octanol–water partition coefficient (Wildman–Crippen LogP) is 4.22. The van der Waals surface area contributed by atoms with Crippen LogP contribution in [0.5, 0.6) is 0 Å². The molecule has 0 saturated carbocycles. The molecule has 33 heavy (non-hydrogen) atoms. The van der Waals surface area contributed by atoms with Crippen LogP contribution in [0.4, 0.5) is 14.6 Å². The molecule has 7 nitrogen and oxygen atoms in total. The molecule has 3 rings (SSSR count). The smallest absolute Gasteiger partial charge is 0.282 e. The summed E-state index contributed by atoms with van der Waals surface area (Å²) in [6.07, 6.45) is 3.23. The first-order valence-corrected chi connectivity index (χ1v) is 11.1. The molecule has 9 heteroatoms. The lowest BCUT2D eigenvalue weighted by atomic mass is 10.00. The fourth-order valence-corrected chi connectivity index (χ4v) is 3.93. The van der Waals surface area contributed by atoms with Gasteiger partial charge in [-0.2, -0.15) is 0 Å². The van der Waals surface area contributed by atoms with Crippen molar-refractivity contribution < 1.29 is 8.78 Å². The molecule has 0 bridgehead atoms. The van der Waals surface area contributed by atoms with Crippen molar-refractivity contribution in [1.82, 2.24) is 20.5 Å². The molecule has 0 radical (unpaired) electrons. The van der Waals surface area contributed by atoms with Crippen molar-refractivity contribution in [2.75, 3.05) is 25.1 Å². The molecule has 0 aliphatic carbocycles. The number of allylic oxidation sites excluding steroid dienone is 1. The van der Waals surface area contributed by atoms with E-state index in [0.717, 1.165) is 23.4 Å². The number of anilines is 1.